The molecule has 1 atom stereocenters. The zero-order valence-electron chi connectivity index (χ0n) is 13.5. The van der Waals surface area contributed by atoms with E-state index in [1.165, 1.54) is 4.31 Å². The largest absolute Gasteiger partial charge is 0.324 e. The van der Waals surface area contributed by atoms with E-state index in [1.54, 1.807) is 43.3 Å². The summed E-state index contributed by atoms with van der Waals surface area (Å²) in [7, 11) is -3.76. The molecule has 0 unspecified atom stereocenters. The second-order valence-electron chi connectivity index (χ2n) is 5.96. The molecule has 5 nitrogen and oxygen atoms in total. The number of sulfonamides is 1. The number of carbonyl (C=O) groups excluding carboxylic acids is 1. The van der Waals surface area contributed by atoms with Crippen LogP contribution in [0.3, 0.4) is 0 Å². The SMILES string of the molecule is C[C@H](C(=O)Nc1ccccc1)N1c2cccc3cccc(c23)S1(=O)=O. The van der Waals surface area contributed by atoms with Crippen LogP contribution >= 0.6 is 0 Å². The van der Waals surface area contributed by atoms with Gasteiger partial charge in [0.05, 0.1) is 10.6 Å². The Balaban J connectivity index is 1.76. The quantitative estimate of drug-likeness (QED) is 0.786. The van der Waals surface area contributed by atoms with Crippen molar-refractivity contribution in [1.82, 2.24) is 0 Å². The van der Waals surface area contributed by atoms with E-state index in [-0.39, 0.29) is 10.8 Å². The van der Waals surface area contributed by atoms with Crippen LogP contribution in [0.1, 0.15) is 6.92 Å². The van der Waals surface area contributed by atoms with Gasteiger partial charge in [-0.3, -0.25) is 9.10 Å². The summed E-state index contributed by atoms with van der Waals surface area (Å²) < 4.78 is 27.2. The van der Waals surface area contributed by atoms with Gasteiger partial charge in [-0.2, -0.15) is 0 Å². The summed E-state index contributed by atoms with van der Waals surface area (Å²) in [5.74, 6) is -0.375. The summed E-state index contributed by atoms with van der Waals surface area (Å²) in [6.07, 6.45) is 0. The van der Waals surface area contributed by atoms with Gasteiger partial charge < -0.3 is 5.32 Å². The minimum atomic E-state index is -3.76. The molecule has 1 N–H and O–H groups in total. The highest BCUT2D eigenvalue weighted by Crippen LogP contribution is 2.43. The highest BCUT2D eigenvalue weighted by atomic mass is 32.2. The van der Waals surface area contributed by atoms with Crippen LogP contribution in [0.4, 0.5) is 11.4 Å². The topological polar surface area (TPSA) is 66.5 Å². The van der Waals surface area contributed by atoms with Gasteiger partial charge in [0.2, 0.25) is 5.91 Å². The van der Waals surface area contributed by atoms with Crippen LogP contribution in [0, 0.1) is 0 Å². The Morgan fingerprint density at radius 3 is 2.36 bits per heavy atom. The molecule has 3 aromatic rings. The summed E-state index contributed by atoms with van der Waals surface area (Å²) in [5.41, 5.74) is 1.18. The van der Waals surface area contributed by atoms with Crippen LogP contribution in [-0.4, -0.2) is 20.4 Å². The Morgan fingerprint density at radius 1 is 0.960 bits per heavy atom. The van der Waals surface area contributed by atoms with Crippen molar-refractivity contribution in [3.8, 4) is 0 Å². The van der Waals surface area contributed by atoms with Crippen LogP contribution in [0.2, 0.25) is 0 Å². The number of hydrogen-bond acceptors (Lipinski definition) is 3. The van der Waals surface area contributed by atoms with E-state index in [2.05, 4.69) is 5.32 Å². The fraction of sp³-hybridized carbons (Fsp3) is 0.105. The molecule has 0 saturated carbocycles. The molecule has 25 heavy (non-hydrogen) atoms. The Labute approximate surface area is 145 Å². The normalized spacial score (nSPS) is 16.0. The van der Waals surface area contributed by atoms with Crippen molar-refractivity contribution in [1.29, 1.82) is 0 Å². The lowest BCUT2D eigenvalue weighted by Crippen LogP contribution is -2.43. The minimum Gasteiger partial charge on any atom is -0.324 e. The first-order chi connectivity index (χ1) is 12.0. The van der Waals surface area contributed by atoms with Gasteiger partial charge in [-0.05, 0) is 36.6 Å². The Hall–Kier alpha value is -2.86. The number of rotatable bonds is 3. The van der Waals surface area contributed by atoms with E-state index < -0.39 is 16.1 Å². The van der Waals surface area contributed by atoms with Crippen LogP contribution < -0.4 is 9.62 Å². The molecule has 3 aromatic carbocycles. The van der Waals surface area contributed by atoms with Crippen LogP contribution in [0.25, 0.3) is 10.8 Å². The molecular formula is C19H16N2O3S. The van der Waals surface area contributed by atoms with Crippen molar-refractivity contribution in [2.24, 2.45) is 0 Å². The molecule has 0 radical (unpaired) electrons. The maximum absolute atomic E-state index is 13.0. The average Bonchev–Trinajstić information content (AvgIpc) is 2.84. The van der Waals surface area contributed by atoms with E-state index in [9.17, 15) is 13.2 Å². The smallest absolute Gasteiger partial charge is 0.265 e. The number of benzene rings is 3. The molecular weight excluding hydrogens is 336 g/mol. The number of hydrogen-bond donors (Lipinski definition) is 1. The highest BCUT2D eigenvalue weighted by Gasteiger charge is 2.40. The second-order valence-corrected chi connectivity index (χ2v) is 7.75. The summed E-state index contributed by atoms with van der Waals surface area (Å²) in [6, 6.07) is 18.7. The lowest BCUT2D eigenvalue weighted by molar-refractivity contribution is -0.116. The fourth-order valence-electron chi connectivity index (χ4n) is 3.21. The molecule has 0 spiro atoms. The van der Waals surface area contributed by atoms with Crippen LogP contribution in [0.15, 0.2) is 71.6 Å². The zero-order chi connectivity index (χ0) is 17.6. The summed E-state index contributed by atoms with van der Waals surface area (Å²) in [5, 5.41) is 4.29. The number of anilines is 2. The second kappa shape index (κ2) is 5.60. The van der Waals surface area contributed by atoms with E-state index in [1.807, 2.05) is 30.3 Å². The maximum atomic E-state index is 13.0. The first kappa shape index (κ1) is 15.7. The Bertz CT molecular complexity index is 1070. The monoisotopic (exact) mass is 352 g/mol. The molecule has 1 aliphatic rings. The molecule has 0 saturated heterocycles. The van der Waals surface area contributed by atoms with Gasteiger partial charge in [0.25, 0.3) is 10.0 Å². The van der Waals surface area contributed by atoms with E-state index in [0.29, 0.717) is 16.8 Å². The summed E-state index contributed by atoms with van der Waals surface area (Å²) in [4.78, 5) is 12.9. The van der Waals surface area contributed by atoms with Gasteiger partial charge in [-0.15, -0.1) is 0 Å². The third-order valence-corrected chi connectivity index (χ3v) is 6.32. The molecule has 6 heteroatoms. The molecule has 0 aromatic heterocycles. The number of carbonyl (C=O) groups is 1. The molecule has 1 heterocycles. The minimum absolute atomic E-state index is 0.250. The summed E-state index contributed by atoms with van der Waals surface area (Å²) in [6.45, 7) is 1.60. The lowest BCUT2D eigenvalue weighted by Gasteiger charge is -2.25. The standard InChI is InChI=1S/C19H16N2O3S/c1-13(19(22)20-15-9-3-2-4-10-15)21-16-11-5-7-14-8-6-12-17(18(14)16)25(21,23)24/h2-13H,1H3,(H,20,22)/t13-/m1/s1. The van der Waals surface area contributed by atoms with Crippen molar-refractivity contribution < 1.29 is 13.2 Å². The van der Waals surface area contributed by atoms with E-state index >= 15 is 0 Å². The maximum Gasteiger partial charge on any atom is 0.265 e. The number of amides is 1. The molecule has 126 valence electrons. The van der Waals surface area contributed by atoms with E-state index in [0.717, 1.165) is 5.39 Å². The number of para-hydroxylation sites is 1. The highest BCUT2D eigenvalue weighted by molar-refractivity contribution is 7.93. The predicted molar refractivity (Wildman–Crippen MR) is 98.1 cm³/mol. The van der Waals surface area contributed by atoms with Gasteiger partial charge in [-0.1, -0.05) is 42.5 Å². The predicted octanol–water partition coefficient (Wildman–Crippen LogP) is 3.38. The fourth-order valence-corrected chi connectivity index (χ4v) is 5.08. The first-order valence-electron chi connectivity index (χ1n) is 7.92. The van der Waals surface area contributed by atoms with Gasteiger partial charge in [0, 0.05) is 11.1 Å². The van der Waals surface area contributed by atoms with Crippen molar-refractivity contribution >= 4 is 38.1 Å². The lowest BCUT2D eigenvalue weighted by atomic mass is 10.1. The zero-order valence-corrected chi connectivity index (χ0v) is 14.3. The van der Waals surface area contributed by atoms with Crippen LogP contribution in [0.5, 0.6) is 0 Å². The van der Waals surface area contributed by atoms with Gasteiger partial charge in [0.15, 0.2) is 0 Å². The Morgan fingerprint density at radius 2 is 1.64 bits per heavy atom. The molecule has 1 amide bonds. The molecule has 0 aliphatic carbocycles. The van der Waals surface area contributed by atoms with Gasteiger partial charge in [0.1, 0.15) is 6.04 Å². The van der Waals surface area contributed by atoms with Crippen molar-refractivity contribution in [3.63, 3.8) is 0 Å². The van der Waals surface area contributed by atoms with Crippen molar-refractivity contribution in [2.45, 2.75) is 17.9 Å². The molecule has 0 bridgehead atoms. The third-order valence-electron chi connectivity index (χ3n) is 4.39. The summed E-state index contributed by atoms with van der Waals surface area (Å²) >= 11 is 0. The average molecular weight is 352 g/mol. The van der Waals surface area contributed by atoms with E-state index in [4.69, 9.17) is 0 Å². The number of nitrogens with zero attached hydrogens (tertiary/aromatic N) is 1. The molecule has 1 aliphatic heterocycles. The van der Waals surface area contributed by atoms with Gasteiger partial charge >= 0.3 is 0 Å². The molecule has 4 rings (SSSR count). The first-order valence-corrected chi connectivity index (χ1v) is 9.36. The third kappa shape index (κ3) is 2.37. The van der Waals surface area contributed by atoms with Crippen LogP contribution in [-0.2, 0) is 14.8 Å². The molecule has 0 fully saturated rings. The van der Waals surface area contributed by atoms with Crippen molar-refractivity contribution in [2.75, 3.05) is 9.62 Å². The number of nitrogens with one attached hydrogen (secondary N) is 1. The van der Waals surface area contributed by atoms with Gasteiger partial charge in [-0.25, -0.2) is 8.42 Å². The Kier molecular flexibility index (Phi) is 3.51. The van der Waals surface area contributed by atoms with Crippen molar-refractivity contribution in [3.05, 3.63) is 66.7 Å².